The molecule has 0 heterocycles. The van der Waals surface area contributed by atoms with E-state index in [-0.39, 0.29) is 17.7 Å². The third-order valence-corrected chi connectivity index (χ3v) is 3.55. The SMILES string of the molecule is COc1cccc(CNc2ccc(CC(=O)NC(C)C)cc2)c1O. The van der Waals surface area contributed by atoms with Crippen molar-refractivity contribution < 1.29 is 14.6 Å². The van der Waals surface area contributed by atoms with Crippen LogP contribution < -0.4 is 15.4 Å². The van der Waals surface area contributed by atoms with Gasteiger partial charge >= 0.3 is 0 Å². The zero-order valence-electron chi connectivity index (χ0n) is 14.3. The highest BCUT2D eigenvalue weighted by Gasteiger charge is 2.07. The summed E-state index contributed by atoms with van der Waals surface area (Å²) in [6.45, 7) is 4.37. The number of methoxy groups -OCH3 is 1. The molecule has 0 aromatic heterocycles. The molecule has 0 bridgehead atoms. The largest absolute Gasteiger partial charge is 0.504 e. The van der Waals surface area contributed by atoms with E-state index in [1.54, 1.807) is 6.07 Å². The van der Waals surface area contributed by atoms with Crippen LogP contribution in [0.4, 0.5) is 5.69 Å². The van der Waals surface area contributed by atoms with Gasteiger partial charge in [-0.05, 0) is 37.6 Å². The van der Waals surface area contributed by atoms with E-state index in [0.29, 0.717) is 18.7 Å². The molecule has 0 spiro atoms. The lowest BCUT2D eigenvalue weighted by Gasteiger charge is -2.11. The molecule has 128 valence electrons. The van der Waals surface area contributed by atoms with Gasteiger partial charge in [-0.25, -0.2) is 0 Å². The molecule has 0 atom stereocenters. The molecule has 0 saturated carbocycles. The average Bonchev–Trinajstić information content (AvgIpc) is 2.54. The third kappa shape index (κ3) is 4.91. The van der Waals surface area contributed by atoms with Gasteiger partial charge in [0.15, 0.2) is 11.5 Å². The number of ether oxygens (including phenoxy) is 1. The lowest BCUT2D eigenvalue weighted by Crippen LogP contribution is -2.31. The van der Waals surface area contributed by atoms with Gasteiger partial charge in [0.1, 0.15) is 0 Å². The number of hydrogen-bond donors (Lipinski definition) is 3. The molecule has 2 aromatic rings. The molecule has 0 aliphatic rings. The molecule has 24 heavy (non-hydrogen) atoms. The van der Waals surface area contributed by atoms with Crippen molar-refractivity contribution in [1.82, 2.24) is 5.32 Å². The Balaban J connectivity index is 1.94. The molecule has 0 fully saturated rings. The van der Waals surface area contributed by atoms with Crippen LogP contribution in [-0.2, 0) is 17.8 Å². The molecule has 2 rings (SSSR count). The predicted molar refractivity (Wildman–Crippen MR) is 95.4 cm³/mol. The number of carbonyl (C=O) groups is 1. The van der Waals surface area contributed by atoms with Gasteiger partial charge in [-0.1, -0.05) is 24.3 Å². The molecule has 1 amide bonds. The minimum absolute atomic E-state index is 0.0204. The van der Waals surface area contributed by atoms with Crippen molar-refractivity contribution in [2.45, 2.75) is 32.9 Å². The summed E-state index contributed by atoms with van der Waals surface area (Å²) in [5.41, 5.74) is 2.64. The second-order valence-corrected chi connectivity index (χ2v) is 5.92. The highest BCUT2D eigenvalue weighted by atomic mass is 16.5. The Bertz CT molecular complexity index is 682. The van der Waals surface area contributed by atoms with Crippen LogP contribution in [0.25, 0.3) is 0 Å². The standard InChI is InChI=1S/C19H24N2O3/c1-13(2)21-18(22)11-14-7-9-16(10-8-14)20-12-15-5-4-6-17(24-3)19(15)23/h4-10,13,20,23H,11-12H2,1-3H3,(H,21,22). The smallest absolute Gasteiger partial charge is 0.224 e. The minimum atomic E-state index is 0.0204. The van der Waals surface area contributed by atoms with E-state index in [0.717, 1.165) is 16.8 Å². The van der Waals surface area contributed by atoms with E-state index in [2.05, 4.69) is 10.6 Å². The molecule has 0 unspecified atom stereocenters. The Morgan fingerprint density at radius 3 is 2.50 bits per heavy atom. The fourth-order valence-corrected chi connectivity index (χ4v) is 2.37. The number of anilines is 1. The summed E-state index contributed by atoms with van der Waals surface area (Å²) < 4.78 is 5.10. The van der Waals surface area contributed by atoms with Crippen molar-refractivity contribution in [3.05, 3.63) is 53.6 Å². The average molecular weight is 328 g/mol. The van der Waals surface area contributed by atoms with Crippen LogP contribution in [0.5, 0.6) is 11.5 Å². The fraction of sp³-hybridized carbons (Fsp3) is 0.316. The monoisotopic (exact) mass is 328 g/mol. The molecule has 2 aromatic carbocycles. The van der Waals surface area contributed by atoms with Crippen molar-refractivity contribution in [2.75, 3.05) is 12.4 Å². The van der Waals surface area contributed by atoms with Gasteiger partial charge in [0.05, 0.1) is 13.5 Å². The minimum Gasteiger partial charge on any atom is -0.504 e. The van der Waals surface area contributed by atoms with Gasteiger partial charge in [0.25, 0.3) is 0 Å². The lowest BCUT2D eigenvalue weighted by atomic mass is 10.1. The van der Waals surface area contributed by atoms with Crippen LogP contribution in [0, 0.1) is 0 Å². The van der Waals surface area contributed by atoms with Gasteiger partial charge in [-0.3, -0.25) is 4.79 Å². The normalized spacial score (nSPS) is 10.5. The van der Waals surface area contributed by atoms with Crippen LogP contribution in [0.1, 0.15) is 25.0 Å². The molecular weight excluding hydrogens is 304 g/mol. The molecule has 5 nitrogen and oxygen atoms in total. The van der Waals surface area contributed by atoms with E-state index in [1.165, 1.54) is 7.11 Å². The Morgan fingerprint density at radius 1 is 1.17 bits per heavy atom. The van der Waals surface area contributed by atoms with Crippen LogP contribution in [-0.4, -0.2) is 24.2 Å². The number of aromatic hydroxyl groups is 1. The van der Waals surface area contributed by atoms with Gasteiger partial charge in [-0.15, -0.1) is 0 Å². The van der Waals surface area contributed by atoms with Gasteiger partial charge < -0.3 is 20.5 Å². The van der Waals surface area contributed by atoms with Crippen LogP contribution >= 0.6 is 0 Å². The summed E-state index contributed by atoms with van der Waals surface area (Å²) in [6.07, 6.45) is 0.370. The summed E-state index contributed by atoms with van der Waals surface area (Å²) in [5.74, 6) is 0.627. The Hall–Kier alpha value is -2.69. The first kappa shape index (κ1) is 17.7. The number of rotatable bonds is 7. The first-order valence-corrected chi connectivity index (χ1v) is 7.96. The van der Waals surface area contributed by atoms with Gasteiger partial charge in [0, 0.05) is 23.8 Å². The fourth-order valence-electron chi connectivity index (χ4n) is 2.37. The number of phenols is 1. The van der Waals surface area contributed by atoms with Crippen molar-refractivity contribution >= 4 is 11.6 Å². The second kappa shape index (κ2) is 8.24. The number of nitrogens with one attached hydrogen (secondary N) is 2. The summed E-state index contributed by atoms with van der Waals surface area (Å²) >= 11 is 0. The Kier molecular flexibility index (Phi) is 6.07. The Morgan fingerprint density at radius 2 is 1.88 bits per heavy atom. The summed E-state index contributed by atoms with van der Waals surface area (Å²) in [7, 11) is 1.53. The lowest BCUT2D eigenvalue weighted by molar-refractivity contribution is -0.120. The van der Waals surface area contributed by atoms with E-state index in [9.17, 15) is 9.90 Å². The van der Waals surface area contributed by atoms with E-state index in [1.807, 2.05) is 50.2 Å². The Labute approximate surface area is 142 Å². The van der Waals surface area contributed by atoms with Crippen molar-refractivity contribution in [3.63, 3.8) is 0 Å². The van der Waals surface area contributed by atoms with Crippen LogP contribution in [0.15, 0.2) is 42.5 Å². The highest BCUT2D eigenvalue weighted by Crippen LogP contribution is 2.29. The quantitative estimate of drug-likeness (QED) is 0.730. The maximum atomic E-state index is 11.8. The van der Waals surface area contributed by atoms with Crippen LogP contribution in [0.2, 0.25) is 0 Å². The van der Waals surface area contributed by atoms with Gasteiger partial charge in [-0.2, -0.15) is 0 Å². The first-order chi connectivity index (χ1) is 11.5. The molecule has 0 aliphatic carbocycles. The maximum Gasteiger partial charge on any atom is 0.224 e. The van der Waals surface area contributed by atoms with Crippen molar-refractivity contribution in [2.24, 2.45) is 0 Å². The molecule has 0 saturated heterocycles. The van der Waals surface area contributed by atoms with Gasteiger partial charge in [0.2, 0.25) is 5.91 Å². The zero-order valence-corrected chi connectivity index (χ0v) is 14.3. The number of hydrogen-bond acceptors (Lipinski definition) is 4. The third-order valence-electron chi connectivity index (χ3n) is 3.55. The van der Waals surface area contributed by atoms with Crippen molar-refractivity contribution in [3.8, 4) is 11.5 Å². The van der Waals surface area contributed by atoms with E-state index >= 15 is 0 Å². The molecule has 5 heteroatoms. The zero-order chi connectivity index (χ0) is 17.5. The molecule has 3 N–H and O–H groups in total. The molecule has 0 radical (unpaired) electrons. The summed E-state index contributed by atoms with van der Waals surface area (Å²) in [5, 5.41) is 16.2. The topological polar surface area (TPSA) is 70.6 Å². The van der Waals surface area contributed by atoms with E-state index < -0.39 is 0 Å². The number of phenolic OH excluding ortho intramolecular Hbond substituents is 1. The van der Waals surface area contributed by atoms with Crippen molar-refractivity contribution in [1.29, 1.82) is 0 Å². The van der Waals surface area contributed by atoms with E-state index in [4.69, 9.17) is 4.74 Å². The number of benzene rings is 2. The molecule has 0 aliphatic heterocycles. The highest BCUT2D eigenvalue weighted by molar-refractivity contribution is 5.78. The van der Waals surface area contributed by atoms with Crippen LogP contribution in [0.3, 0.4) is 0 Å². The number of carbonyl (C=O) groups excluding carboxylic acids is 1. The predicted octanol–water partition coefficient (Wildman–Crippen LogP) is 3.08. The second-order valence-electron chi connectivity index (χ2n) is 5.92. The number of para-hydroxylation sites is 1. The first-order valence-electron chi connectivity index (χ1n) is 7.96. The summed E-state index contributed by atoms with van der Waals surface area (Å²) in [4.78, 5) is 11.8. The number of amides is 1. The summed E-state index contributed by atoms with van der Waals surface area (Å²) in [6, 6.07) is 13.2. The molecular formula is C19H24N2O3. The maximum absolute atomic E-state index is 11.8.